The molecule has 0 saturated carbocycles. The molecule has 5 heteroatoms. The van der Waals surface area contributed by atoms with Gasteiger partial charge < -0.3 is 15.0 Å². The van der Waals surface area contributed by atoms with Gasteiger partial charge in [-0.15, -0.1) is 0 Å². The van der Waals surface area contributed by atoms with E-state index in [1.807, 2.05) is 19.1 Å². The number of aryl methyl sites for hydroxylation is 1. The number of carbonyl (C=O) groups excluding carboxylic acids is 1. The van der Waals surface area contributed by atoms with Crippen LogP contribution in [0.5, 0.6) is 5.75 Å². The van der Waals surface area contributed by atoms with E-state index in [9.17, 15) is 4.79 Å². The van der Waals surface area contributed by atoms with Crippen LogP contribution in [-0.2, 0) is 4.79 Å². The van der Waals surface area contributed by atoms with Crippen molar-refractivity contribution in [3.8, 4) is 5.75 Å². The molecule has 3 rings (SSSR count). The van der Waals surface area contributed by atoms with E-state index in [1.54, 1.807) is 7.11 Å². The number of H-pyrrole nitrogens is 1. The van der Waals surface area contributed by atoms with E-state index in [4.69, 9.17) is 4.74 Å². The highest BCUT2D eigenvalue weighted by atomic mass is 16.5. The lowest BCUT2D eigenvalue weighted by Gasteiger charge is -2.10. The fourth-order valence-corrected chi connectivity index (χ4v) is 2.55. The number of carbonyl (C=O) groups is 1. The molecule has 5 nitrogen and oxygen atoms in total. The van der Waals surface area contributed by atoms with Gasteiger partial charge in [0, 0.05) is 6.54 Å². The van der Waals surface area contributed by atoms with Crippen molar-refractivity contribution in [3.05, 3.63) is 23.5 Å². The summed E-state index contributed by atoms with van der Waals surface area (Å²) in [6, 6.07) is 3.83. The van der Waals surface area contributed by atoms with Crippen molar-refractivity contribution < 1.29 is 9.53 Å². The number of nitrogens with zero attached hydrogens (tertiary/aromatic N) is 1. The van der Waals surface area contributed by atoms with E-state index in [0.29, 0.717) is 0 Å². The van der Waals surface area contributed by atoms with Gasteiger partial charge in [0.25, 0.3) is 0 Å². The Morgan fingerprint density at radius 3 is 2.94 bits per heavy atom. The average Bonchev–Trinajstić information content (AvgIpc) is 2.93. The number of benzene rings is 1. The summed E-state index contributed by atoms with van der Waals surface area (Å²) in [6.45, 7) is 2.64. The molecule has 0 spiro atoms. The molecule has 1 saturated heterocycles. The van der Waals surface area contributed by atoms with Gasteiger partial charge >= 0.3 is 0 Å². The molecule has 1 aliphatic rings. The number of hydrogen-bond donors (Lipinski definition) is 2. The van der Waals surface area contributed by atoms with Crippen LogP contribution in [0.3, 0.4) is 0 Å². The molecule has 94 valence electrons. The number of ether oxygens (including phenoxy) is 1. The molecule has 18 heavy (non-hydrogen) atoms. The molecule has 2 N–H and O–H groups in total. The summed E-state index contributed by atoms with van der Waals surface area (Å²) in [6.07, 6.45) is 0.832. The van der Waals surface area contributed by atoms with E-state index in [0.717, 1.165) is 41.1 Å². The molecule has 0 aliphatic carbocycles. The molecule has 1 aliphatic heterocycles. The smallest absolute Gasteiger partial charge is 0.227 e. The maximum atomic E-state index is 11.8. The van der Waals surface area contributed by atoms with Gasteiger partial charge in [-0.1, -0.05) is 6.07 Å². The van der Waals surface area contributed by atoms with Gasteiger partial charge in [-0.05, 0) is 25.0 Å². The Morgan fingerprint density at radius 2 is 2.28 bits per heavy atom. The molecule has 1 fully saturated rings. The summed E-state index contributed by atoms with van der Waals surface area (Å²) in [4.78, 5) is 19.5. The third kappa shape index (κ3) is 1.54. The zero-order valence-corrected chi connectivity index (χ0v) is 10.4. The molecular formula is C13H15N3O2. The minimum absolute atomic E-state index is 0.0849. The molecule has 2 heterocycles. The molecule has 1 aromatic heterocycles. The van der Waals surface area contributed by atoms with Crippen LogP contribution in [0.4, 0.5) is 0 Å². The predicted octanol–water partition coefficient (Wildman–Crippen LogP) is 1.48. The van der Waals surface area contributed by atoms with Crippen LogP contribution in [0, 0.1) is 6.92 Å². The Kier molecular flexibility index (Phi) is 2.47. The van der Waals surface area contributed by atoms with E-state index >= 15 is 0 Å². The standard InChI is InChI=1S/C13H15N3O2/c1-7-15-11-8(9-5-6-14-13(9)17)3-4-10(18-2)12(11)16-7/h3-4,9H,5-6H2,1-2H3,(H,14,17)(H,15,16). The minimum atomic E-state index is -0.0849. The first kappa shape index (κ1) is 11.1. The molecule has 1 amide bonds. The summed E-state index contributed by atoms with van der Waals surface area (Å²) in [5.74, 6) is 1.57. The van der Waals surface area contributed by atoms with E-state index in [1.165, 1.54) is 0 Å². The van der Waals surface area contributed by atoms with Crippen molar-refractivity contribution in [1.82, 2.24) is 15.3 Å². The molecule has 1 unspecified atom stereocenters. The molecule has 0 radical (unpaired) electrons. The van der Waals surface area contributed by atoms with Gasteiger partial charge in [-0.25, -0.2) is 4.98 Å². The fraction of sp³-hybridized carbons (Fsp3) is 0.385. The monoisotopic (exact) mass is 245 g/mol. The van der Waals surface area contributed by atoms with Crippen LogP contribution in [-0.4, -0.2) is 29.5 Å². The van der Waals surface area contributed by atoms with Crippen LogP contribution in [0.2, 0.25) is 0 Å². The number of rotatable bonds is 2. The first-order chi connectivity index (χ1) is 8.70. The van der Waals surface area contributed by atoms with Crippen molar-refractivity contribution >= 4 is 16.9 Å². The van der Waals surface area contributed by atoms with Crippen LogP contribution in [0.15, 0.2) is 12.1 Å². The second-order valence-corrected chi connectivity index (χ2v) is 4.54. The topological polar surface area (TPSA) is 67.0 Å². The third-order valence-corrected chi connectivity index (χ3v) is 3.40. The van der Waals surface area contributed by atoms with E-state index < -0.39 is 0 Å². The average molecular weight is 245 g/mol. The Bertz CT molecular complexity index is 618. The second-order valence-electron chi connectivity index (χ2n) is 4.54. The Balaban J connectivity index is 2.21. The summed E-state index contributed by atoms with van der Waals surface area (Å²) in [7, 11) is 1.63. The van der Waals surface area contributed by atoms with Crippen LogP contribution >= 0.6 is 0 Å². The van der Waals surface area contributed by atoms with Crippen molar-refractivity contribution in [3.63, 3.8) is 0 Å². The van der Waals surface area contributed by atoms with Gasteiger partial charge in [0.1, 0.15) is 17.1 Å². The lowest BCUT2D eigenvalue weighted by molar-refractivity contribution is -0.120. The molecule has 1 aromatic carbocycles. The summed E-state index contributed by atoms with van der Waals surface area (Å²) in [5, 5.41) is 2.86. The molecular weight excluding hydrogens is 230 g/mol. The Hall–Kier alpha value is -2.04. The number of imidazole rings is 1. The van der Waals surface area contributed by atoms with Crippen molar-refractivity contribution in [2.24, 2.45) is 0 Å². The molecule has 1 atom stereocenters. The third-order valence-electron chi connectivity index (χ3n) is 3.40. The largest absolute Gasteiger partial charge is 0.494 e. The van der Waals surface area contributed by atoms with Crippen LogP contribution in [0.25, 0.3) is 11.0 Å². The molecule has 0 bridgehead atoms. The Morgan fingerprint density at radius 1 is 1.44 bits per heavy atom. The lowest BCUT2D eigenvalue weighted by atomic mass is 9.96. The zero-order valence-electron chi connectivity index (χ0n) is 10.4. The van der Waals surface area contributed by atoms with Crippen LogP contribution in [0.1, 0.15) is 23.7 Å². The first-order valence-corrected chi connectivity index (χ1v) is 6.01. The maximum Gasteiger partial charge on any atom is 0.227 e. The highest BCUT2D eigenvalue weighted by Gasteiger charge is 2.28. The van der Waals surface area contributed by atoms with Gasteiger partial charge in [0.2, 0.25) is 5.91 Å². The SMILES string of the molecule is COc1ccc(C2CCNC2=O)c2[nH]c(C)nc12. The number of fused-ring (bicyclic) bond motifs is 1. The highest BCUT2D eigenvalue weighted by molar-refractivity contribution is 5.93. The van der Waals surface area contributed by atoms with E-state index in [-0.39, 0.29) is 11.8 Å². The number of aromatic nitrogens is 2. The van der Waals surface area contributed by atoms with Crippen molar-refractivity contribution in [2.45, 2.75) is 19.3 Å². The number of aromatic amines is 1. The maximum absolute atomic E-state index is 11.8. The number of amides is 1. The normalized spacial score (nSPS) is 19.2. The zero-order chi connectivity index (χ0) is 12.7. The number of hydrogen-bond acceptors (Lipinski definition) is 3. The molecule has 2 aromatic rings. The fourth-order valence-electron chi connectivity index (χ4n) is 2.55. The number of nitrogens with one attached hydrogen (secondary N) is 2. The lowest BCUT2D eigenvalue weighted by Crippen LogP contribution is -2.18. The Labute approximate surface area is 105 Å². The minimum Gasteiger partial charge on any atom is -0.494 e. The van der Waals surface area contributed by atoms with Crippen LogP contribution < -0.4 is 10.1 Å². The van der Waals surface area contributed by atoms with Crippen molar-refractivity contribution in [1.29, 1.82) is 0 Å². The van der Waals surface area contributed by atoms with Crippen molar-refractivity contribution in [2.75, 3.05) is 13.7 Å². The number of methoxy groups -OCH3 is 1. The second kappa shape index (κ2) is 4.01. The highest BCUT2D eigenvalue weighted by Crippen LogP contribution is 2.33. The quantitative estimate of drug-likeness (QED) is 0.842. The van der Waals surface area contributed by atoms with Gasteiger partial charge in [0.05, 0.1) is 18.5 Å². The van der Waals surface area contributed by atoms with Gasteiger partial charge in [-0.2, -0.15) is 0 Å². The van der Waals surface area contributed by atoms with E-state index in [2.05, 4.69) is 15.3 Å². The summed E-state index contributed by atoms with van der Waals surface area (Å²) >= 11 is 0. The van der Waals surface area contributed by atoms with Gasteiger partial charge in [-0.3, -0.25) is 4.79 Å². The first-order valence-electron chi connectivity index (χ1n) is 6.01. The summed E-state index contributed by atoms with van der Waals surface area (Å²) in [5.41, 5.74) is 2.71. The summed E-state index contributed by atoms with van der Waals surface area (Å²) < 4.78 is 5.30. The predicted molar refractivity (Wildman–Crippen MR) is 67.8 cm³/mol. The van der Waals surface area contributed by atoms with Gasteiger partial charge in [0.15, 0.2) is 0 Å².